The Morgan fingerprint density at radius 3 is 1.95 bits per heavy atom. The van der Waals surface area contributed by atoms with E-state index in [1.165, 1.54) is 7.11 Å². The molecule has 0 spiro atoms. The number of phosphoric ester groups is 1. The van der Waals surface area contributed by atoms with Gasteiger partial charge in [-0.1, -0.05) is 13.3 Å². The Labute approximate surface area is 115 Å². The maximum Gasteiger partial charge on any atom is 0.490 e. The minimum atomic E-state index is -5.46. The summed E-state index contributed by atoms with van der Waals surface area (Å²) in [7, 11) is -14.6. The molecule has 20 heavy (non-hydrogen) atoms. The molecule has 0 aromatic rings. The first-order valence-electron chi connectivity index (χ1n) is 5.22. The fourth-order valence-corrected chi connectivity index (χ4v) is 4.12. The molecule has 0 fully saturated rings. The van der Waals surface area contributed by atoms with Crippen LogP contribution in [0.25, 0.3) is 0 Å². The lowest BCUT2D eigenvalue weighted by atomic mass is 10.2. The van der Waals surface area contributed by atoms with E-state index in [0.29, 0.717) is 12.8 Å². The molecule has 0 amide bonds. The summed E-state index contributed by atoms with van der Waals surface area (Å²) >= 11 is 0. The van der Waals surface area contributed by atoms with E-state index in [9.17, 15) is 13.7 Å². The lowest BCUT2D eigenvalue weighted by Gasteiger charge is -2.19. The average Bonchev–Trinajstić information content (AvgIpc) is 2.18. The number of ether oxygens (including phenoxy) is 1. The number of rotatable bonds is 10. The average molecular weight is 358 g/mol. The Morgan fingerprint density at radius 1 is 1.00 bits per heavy atom. The van der Waals surface area contributed by atoms with Gasteiger partial charge in [-0.15, -0.1) is 0 Å². The number of phosphoric acid groups is 3. The summed E-state index contributed by atoms with van der Waals surface area (Å²) in [4.78, 5) is 34.7. The normalized spacial score (nSPS) is 20.1. The van der Waals surface area contributed by atoms with Gasteiger partial charge in [0.05, 0.1) is 12.7 Å². The highest BCUT2D eigenvalue weighted by Crippen LogP contribution is 2.66. The molecule has 0 aliphatic heterocycles. The molecule has 0 aliphatic carbocycles. The van der Waals surface area contributed by atoms with Crippen molar-refractivity contribution in [3.8, 4) is 0 Å². The minimum Gasteiger partial charge on any atom is -0.379 e. The molecule has 0 bridgehead atoms. The Bertz CT molecular complexity index is 430. The fraction of sp³-hybridized carbons (Fsp3) is 1.00. The highest BCUT2D eigenvalue weighted by atomic mass is 31.3. The smallest absolute Gasteiger partial charge is 0.379 e. The van der Waals surface area contributed by atoms with E-state index in [-0.39, 0.29) is 0 Å². The predicted molar refractivity (Wildman–Crippen MR) is 65.5 cm³/mol. The number of hydrogen-bond acceptors (Lipinski definition) is 7. The zero-order valence-corrected chi connectivity index (χ0v) is 13.4. The second-order valence-electron chi connectivity index (χ2n) is 3.53. The van der Waals surface area contributed by atoms with Crippen molar-refractivity contribution >= 4 is 23.5 Å². The van der Waals surface area contributed by atoms with Crippen molar-refractivity contribution in [3.05, 3.63) is 0 Å². The molecule has 0 aliphatic rings. The highest BCUT2D eigenvalue weighted by molar-refractivity contribution is 7.66. The van der Waals surface area contributed by atoms with Crippen LogP contribution in [0.4, 0.5) is 0 Å². The van der Waals surface area contributed by atoms with Gasteiger partial charge >= 0.3 is 23.5 Å². The maximum absolute atomic E-state index is 11.3. The van der Waals surface area contributed by atoms with Gasteiger partial charge in [0.1, 0.15) is 0 Å². The topological polar surface area (TPSA) is 169 Å². The molecule has 14 heteroatoms. The zero-order valence-electron chi connectivity index (χ0n) is 10.7. The molecule has 0 radical (unpaired) electrons. The van der Waals surface area contributed by atoms with E-state index in [4.69, 9.17) is 24.3 Å². The second-order valence-corrected chi connectivity index (χ2v) is 7.95. The Balaban J connectivity index is 4.55. The van der Waals surface area contributed by atoms with Gasteiger partial charge in [-0.3, -0.25) is 4.52 Å². The number of methoxy groups -OCH3 is 1. The van der Waals surface area contributed by atoms with Crippen LogP contribution in [-0.2, 0) is 31.6 Å². The van der Waals surface area contributed by atoms with Crippen molar-refractivity contribution in [1.29, 1.82) is 0 Å². The third-order valence-electron chi connectivity index (χ3n) is 1.78. The van der Waals surface area contributed by atoms with E-state index in [0.717, 1.165) is 0 Å². The highest BCUT2D eigenvalue weighted by Gasteiger charge is 2.40. The first-order chi connectivity index (χ1) is 8.91. The molecule has 4 N–H and O–H groups in total. The van der Waals surface area contributed by atoms with Crippen LogP contribution in [-0.4, -0.2) is 39.4 Å². The largest absolute Gasteiger partial charge is 0.490 e. The summed E-state index contributed by atoms with van der Waals surface area (Å²) in [5, 5.41) is 0. The van der Waals surface area contributed by atoms with Crippen LogP contribution in [0.5, 0.6) is 0 Å². The first-order valence-corrected chi connectivity index (χ1v) is 9.74. The molecular weight excluding hydrogens is 341 g/mol. The molecule has 0 saturated heterocycles. The van der Waals surface area contributed by atoms with E-state index in [1.54, 1.807) is 0 Å². The van der Waals surface area contributed by atoms with Gasteiger partial charge in [0.15, 0.2) is 0 Å². The van der Waals surface area contributed by atoms with Crippen LogP contribution in [0.15, 0.2) is 0 Å². The summed E-state index contributed by atoms with van der Waals surface area (Å²) in [5.74, 6) is 0. The van der Waals surface area contributed by atoms with E-state index in [1.807, 2.05) is 6.92 Å². The van der Waals surface area contributed by atoms with Crippen LogP contribution < -0.4 is 0 Å². The summed E-state index contributed by atoms with van der Waals surface area (Å²) < 4.78 is 49.1. The first kappa shape index (κ1) is 20.4. The summed E-state index contributed by atoms with van der Waals surface area (Å²) in [5.41, 5.74) is 0. The fourth-order valence-electron chi connectivity index (χ4n) is 1.07. The zero-order chi connectivity index (χ0) is 16.0. The van der Waals surface area contributed by atoms with Crippen LogP contribution in [0.1, 0.15) is 19.8 Å². The van der Waals surface area contributed by atoms with Gasteiger partial charge in [0.25, 0.3) is 0 Å². The van der Waals surface area contributed by atoms with Crippen LogP contribution in [0.2, 0.25) is 0 Å². The molecule has 122 valence electrons. The standard InChI is InChI=1S/C6H17O11P3/c1-3-4-6(14-2)5-15-19(10,11)17-20(12,13)16-18(7,8)9/h6H,3-5H2,1-2H3,(H,10,11)(H,12,13)(H2,7,8,9). The van der Waals surface area contributed by atoms with Gasteiger partial charge in [-0.2, -0.15) is 8.62 Å². The van der Waals surface area contributed by atoms with Crippen molar-refractivity contribution in [2.24, 2.45) is 0 Å². The van der Waals surface area contributed by atoms with Crippen molar-refractivity contribution < 1.29 is 51.2 Å². The Hall–Kier alpha value is 0.370. The van der Waals surface area contributed by atoms with Crippen LogP contribution in [0.3, 0.4) is 0 Å². The summed E-state index contributed by atoms with van der Waals surface area (Å²) in [6, 6.07) is 0. The van der Waals surface area contributed by atoms with Crippen LogP contribution in [0, 0.1) is 0 Å². The molecule has 3 atom stereocenters. The van der Waals surface area contributed by atoms with E-state index < -0.39 is 36.2 Å². The molecule has 3 unspecified atom stereocenters. The van der Waals surface area contributed by atoms with Gasteiger partial charge in [-0.25, -0.2) is 13.7 Å². The maximum atomic E-state index is 11.3. The SMILES string of the molecule is CCCC(COP(=O)(O)OP(=O)(O)OP(=O)(O)O)OC. The van der Waals surface area contributed by atoms with Gasteiger partial charge in [0, 0.05) is 7.11 Å². The van der Waals surface area contributed by atoms with Crippen molar-refractivity contribution in [2.75, 3.05) is 13.7 Å². The van der Waals surface area contributed by atoms with Gasteiger partial charge in [0.2, 0.25) is 0 Å². The molecule has 0 heterocycles. The number of hydrogen-bond donors (Lipinski definition) is 4. The van der Waals surface area contributed by atoms with E-state index in [2.05, 4.69) is 13.1 Å². The molecule has 0 saturated carbocycles. The Kier molecular flexibility index (Phi) is 8.27. The van der Waals surface area contributed by atoms with E-state index >= 15 is 0 Å². The predicted octanol–water partition coefficient (Wildman–Crippen LogP) is 1.14. The molecule has 0 aromatic heterocycles. The van der Waals surface area contributed by atoms with Crippen molar-refractivity contribution in [3.63, 3.8) is 0 Å². The van der Waals surface area contributed by atoms with Crippen LogP contribution >= 0.6 is 23.5 Å². The summed E-state index contributed by atoms with van der Waals surface area (Å²) in [6.45, 7) is 1.41. The molecule has 0 rings (SSSR count). The van der Waals surface area contributed by atoms with Gasteiger partial charge in [-0.05, 0) is 6.42 Å². The van der Waals surface area contributed by atoms with Crippen molar-refractivity contribution in [2.45, 2.75) is 25.9 Å². The monoisotopic (exact) mass is 358 g/mol. The van der Waals surface area contributed by atoms with Crippen molar-refractivity contribution in [1.82, 2.24) is 0 Å². The Morgan fingerprint density at radius 2 is 1.55 bits per heavy atom. The summed E-state index contributed by atoms with van der Waals surface area (Å²) in [6.07, 6.45) is 0.634. The molecular formula is C6H17O11P3. The lowest BCUT2D eigenvalue weighted by Crippen LogP contribution is -2.17. The minimum absolute atomic E-state index is 0.423. The third-order valence-corrected chi connectivity index (χ3v) is 5.59. The molecule has 11 nitrogen and oxygen atoms in total. The quantitative estimate of drug-likeness (QED) is 0.413. The second kappa shape index (κ2) is 8.12. The van der Waals surface area contributed by atoms with Gasteiger partial charge < -0.3 is 24.3 Å². The lowest BCUT2D eigenvalue weighted by molar-refractivity contribution is 0.0394. The molecule has 0 aromatic carbocycles. The third kappa shape index (κ3) is 10.1.